The van der Waals surface area contributed by atoms with Gasteiger partial charge in [0, 0.05) is 38.4 Å². The first-order valence-corrected chi connectivity index (χ1v) is 4.85. The van der Waals surface area contributed by atoms with E-state index in [2.05, 4.69) is 22.0 Å². The molecule has 0 unspecified atom stereocenters. The molecule has 0 aliphatic carbocycles. The van der Waals surface area contributed by atoms with Gasteiger partial charge in [0.15, 0.2) is 5.96 Å². The number of halogens is 1. The Kier molecular flexibility index (Phi) is 7.61. The van der Waals surface area contributed by atoms with Crippen LogP contribution >= 0.6 is 24.0 Å². The molecular formula is C10H18IN5. The van der Waals surface area contributed by atoms with E-state index in [1.165, 1.54) is 0 Å². The van der Waals surface area contributed by atoms with Crippen LogP contribution in [0.4, 0.5) is 0 Å². The van der Waals surface area contributed by atoms with Gasteiger partial charge < -0.3 is 11.1 Å². The van der Waals surface area contributed by atoms with E-state index in [1.54, 1.807) is 12.3 Å². The van der Waals surface area contributed by atoms with E-state index in [-0.39, 0.29) is 24.0 Å². The van der Waals surface area contributed by atoms with Crippen molar-refractivity contribution in [2.75, 3.05) is 13.1 Å². The summed E-state index contributed by atoms with van der Waals surface area (Å²) in [5, 5.41) is 6.99. The zero-order valence-corrected chi connectivity index (χ0v) is 11.7. The number of nitrogens with zero attached hydrogens (tertiary/aromatic N) is 3. The lowest BCUT2D eigenvalue weighted by molar-refractivity contribution is 0.706. The van der Waals surface area contributed by atoms with E-state index in [0.29, 0.717) is 19.0 Å². The number of hydrogen-bond acceptors (Lipinski definition) is 2. The van der Waals surface area contributed by atoms with Gasteiger partial charge in [-0.25, -0.2) is 0 Å². The summed E-state index contributed by atoms with van der Waals surface area (Å²) in [6.07, 6.45) is 4.36. The maximum atomic E-state index is 5.61. The van der Waals surface area contributed by atoms with Crippen LogP contribution in [0.25, 0.3) is 0 Å². The number of aryl methyl sites for hydroxylation is 1. The minimum Gasteiger partial charge on any atom is -0.370 e. The summed E-state index contributed by atoms with van der Waals surface area (Å²) in [7, 11) is 1.92. The van der Waals surface area contributed by atoms with Crippen LogP contribution in [-0.4, -0.2) is 28.8 Å². The van der Waals surface area contributed by atoms with Crippen molar-refractivity contribution in [2.24, 2.45) is 17.8 Å². The van der Waals surface area contributed by atoms with Crippen LogP contribution in [0.3, 0.4) is 0 Å². The molecule has 3 N–H and O–H groups in total. The average Bonchev–Trinajstić information content (AvgIpc) is 2.61. The molecule has 0 aromatic carbocycles. The van der Waals surface area contributed by atoms with E-state index in [4.69, 9.17) is 5.73 Å². The lowest BCUT2D eigenvalue weighted by atomic mass is 10.3. The van der Waals surface area contributed by atoms with Gasteiger partial charge in [-0.3, -0.25) is 9.67 Å². The number of rotatable bonds is 5. The molecule has 0 aliphatic rings. The number of hydrogen-bond donors (Lipinski definition) is 2. The molecule has 0 amide bonds. The normalized spacial score (nSPS) is 10.7. The highest BCUT2D eigenvalue weighted by molar-refractivity contribution is 14.0. The van der Waals surface area contributed by atoms with E-state index in [0.717, 1.165) is 12.1 Å². The number of guanidine groups is 1. The van der Waals surface area contributed by atoms with Crippen LogP contribution in [-0.2, 0) is 13.5 Å². The number of aromatic nitrogens is 2. The van der Waals surface area contributed by atoms with Gasteiger partial charge in [0.1, 0.15) is 0 Å². The predicted octanol–water partition coefficient (Wildman–Crippen LogP) is 0.671. The van der Waals surface area contributed by atoms with E-state index in [9.17, 15) is 0 Å². The van der Waals surface area contributed by atoms with Gasteiger partial charge in [-0.2, -0.15) is 5.10 Å². The number of aliphatic imine (C=N–C) groups is 1. The van der Waals surface area contributed by atoms with Gasteiger partial charge in [0.2, 0.25) is 0 Å². The van der Waals surface area contributed by atoms with Crippen molar-refractivity contribution in [3.8, 4) is 0 Å². The second kappa shape index (κ2) is 8.14. The zero-order chi connectivity index (χ0) is 11.1. The molecule has 0 aliphatic heterocycles. The van der Waals surface area contributed by atoms with Crippen molar-refractivity contribution in [3.05, 3.63) is 30.6 Å². The third-order valence-corrected chi connectivity index (χ3v) is 2.00. The fourth-order valence-corrected chi connectivity index (χ4v) is 1.17. The maximum Gasteiger partial charge on any atom is 0.188 e. The highest BCUT2D eigenvalue weighted by atomic mass is 127. The Balaban J connectivity index is 0.00000225. The van der Waals surface area contributed by atoms with Crippen molar-refractivity contribution in [2.45, 2.75) is 6.42 Å². The first-order valence-electron chi connectivity index (χ1n) is 4.85. The second-order valence-corrected chi connectivity index (χ2v) is 3.13. The lowest BCUT2D eigenvalue weighted by Gasteiger charge is -2.02. The standard InChI is InChI=1S/C10H17N5.HI/c1-3-6-12-10(11)13-7-4-9-5-8-14-15(9)2;/h3,5,8H,1,4,6-7H2,2H3,(H3,11,12,13);1H. The lowest BCUT2D eigenvalue weighted by Crippen LogP contribution is -2.31. The fraction of sp³-hybridized carbons (Fsp3) is 0.400. The third-order valence-electron chi connectivity index (χ3n) is 2.00. The Bertz CT molecular complexity index is 345. The summed E-state index contributed by atoms with van der Waals surface area (Å²) in [6.45, 7) is 4.88. The molecule has 0 radical (unpaired) electrons. The molecule has 16 heavy (non-hydrogen) atoms. The van der Waals surface area contributed by atoms with Crippen LogP contribution in [0.15, 0.2) is 29.9 Å². The molecule has 6 heteroatoms. The summed E-state index contributed by atoms with van der Waals surface area (Å²) in [5.74, 6) is 0.456. The summed E-state index contributed by atoms with van der Waals surface area (Å²) >= 11 is 0. The molecule has 90 valence electrons. The first-order chi connectivity index (χ1) is 7.24. The largest absolute Gasteiger partial charge is 0.370 e. The topological polar surface area (TPSA) is 68.2 Å². The first kappa shape index (κ1) is 14.9. The summed E-state index contributed by atoms with van der Waals surface area (Å²) in [6, 6.07) is 1.98. The smallest absolute Gasteiger partial charge is 0.188 e. The molecule has 5 nitrogen and oxygen atoms in total. The van der Waals surface area contributed by atoms with Crippen LogP contribution in [0.5, 0.6) is 0 Å². The SMILES string of the molecule is C=CCNC(N)=NCCc1ccnn1C.I. The van der Waals surface area contributed by atoms with E-state index < -0.39 is 0 Å². The van der Waals surface area contributed by atoms with Gasteiger partial charge in [-0.05, 0) is 6.07 Å². The predicted molar refractivity (Wildman–Crippen MR) is 77.0 cm³/mol. The maximum absolute atomic E-state index is 5.61. The van der Waals surface area contributed by atoms with Gasteiger partial charge in [0.05, 0.1) is 0 Å². The van der Waals surface area contributed by atoms with E-state index >= 15 is 0 Å². The molecule has 1 aromatic rings. The monoisotopic (exact) mass is 335 g/mol. The van der Waals surface area contributed by atoms with Gasteiger partial charge >= 0.3 is 0 Å². The van der Waals surface area contributed by atoms with E-state index in [1.807, 2.05) is 17.8 Å². The average molecular weight is 335 g/mol. The number of nitrogens with two attached hydrogens (primary N) is 1. The summed E-state index contributed by atoms with van der Waals surface area (Å²) in [4.78, 5) is 4.17. The van der Waals surface area contributed by atoms with Gasteiger partial charge in [-0.1, -0.05) is 6.08 Å². The minimum absolute atomic E-state index is 0. The molecular weight excluding hydrogens is 317 g/mol. The van der Waals surface area contributed by atoms with Crippen LogP contribution in [0.1, 0.15) is 5.69 Å². The Labute approximate surface area is 113 Å². The molecule has 1 aromatic heterocycles. The molecule has 0 saturated carbocycles. The quantitative estimate of drug-likeness (QED) is 0.360. The van der Waals surface area contributed by atoms with Crippen molar-refractivity contribution in [1.29, 1.82) is 0 Å². The molecule has 0 spiro atoms. The van der Waals surface area contributed by atoms with Crippen molar-refractivity contribution >= 4 is 29.9 Å². The third kappa shape index (κ3) is 5.15. The molecule has 1 rings (SSSR count). The van der Waals surface area contributed by atoms with Crippen molar-refractivity contribution in [1.82, 2.24) is 15.1 Å². The van der Waals surface area contributed by atoms with Gasteiger partial charge in [0.25, 0.3) is 0 Å². The Morgan fingerprint density at radius 2 is 2.50 bits per heavy atom. The summed E-state index contributed by atoms with van der Waals surface area (Å²) < 4.78 is 1.84. The fourth-order valence-electron chi connectivity index (χ4n) is 1.17. The summed E-state index contributed by atoms with van der Waals surface area (Å²) in [5.41, 5.74) is 6.75. The van der Waals surface area contributed by atoms with Crippen LogP contribution in [0.2, 0.25) is 0 Å². The molecule has 0 fully saturated rings. The number of nitrogens with one attached hydrogen (secondary N) is 1. The molecule has 1 heterocycles. The van der Waals surface area contributed by atoms with Crippen molar-refractivity contribution in [3.63, 3.8) is 0 Å². The highest BCUT2D eigenvalue weighted by Crippen LogP contribution is 1.96. The Morgan fingerprint density at radius 1 is 1.75 bits per heavy atom. The highest BCUT2D eigenvalue weighted by Gasteiger charge is 1.96. The van der Waals surface area contributed by atoms with Gasteiger partial charge in [-0.15, -0.1) is 30.6 Å². The van der Waals surface area contributed by atoms with Crippen LogP contribution in [0, 0.1) is 0 Å². The molecule has 0 bridgehead atoms. The Morgan fingerprint density at radius 3 is 3.06 bits per heavy atom. The molecule has 0 atom stereocenters. The minimum atomic E-state index is 0. The second-order valence-electron chi connectivity index (χ2n) is 3.13. The van der Waals surface area contributed by atoms with Crippen LogP contribution < -0.4 is 11.1 Å². The Hall–Kier alpha value is -1.05. The van der Waals surface area contributed by atoms with Crippen molar-refractivity contribution < 1.29 is 0 Å². The molecule has 0 saturated heterocycles. The zero-order valence-electron chi connectivity index (χ0n) is 9.39.